The molecule has 0 saturated heterocycles. The number of hydrogen-bond acceptors (Lipinski definition) is 6. The first-order valence-electron chi connectivity index (χ1n) is 15.2. The van der Waals surface area contributed by atoms with Crippen molar-refractivity contribution in [1.29, 1.82) is 0 Å². The number of fused-ring (bicyclic) bond motifs is 1. The molecule has 0 saturated carbocycles. The van der Waals surface area contributed by atoms with Gasteiger partial charge in [0.15, 0.2) is 0 Å². The molecule has 8 nitrogen and oxygen atoms in total. The summed E-state index contributed by atoms with van der Waals surface area (Å²) >= 11 is 0. The van der Waals surface area contributed by atoms with Crippen molar-refractivity contribution in [1.82, 2.24) is 10.3 Å². The number of nitrogens with one attached hydrogen (secondary N) is 1. The normalized spacial score (nSPS) is 12.4. The fourth-order valence-electron chi connectivity index (χ4n) is 4.99. The maximum Gasteiger partial charge on any atom is 0.416 e. The van der Waals surface area contributed by atoms with Crippen LogP contribution in [0.2, 0.25) is 0 Å². The summed E-state index contributed by atoms with van der Waals surface area (Å²) < 4.78 is 52.3. The highest BCUT2D eigenvalue weighted by Gasteiger charge is 2.31. The van der Waals surface area contributed by atoms with Gasteiger partial charge < -0.3 is 19.9 Å². The van der Waals surface area contributed by atoms with E-state index in [1.54, 1.807) is 43.3 Å². The number of rotatable bonds is 14. The quantitative estimate of drug-likeness (QED) is 0.107. The Labute approximate surface area is 271 Å². The number of carbonyl (C=O) groups is 2. The fraction of sp³-hybridized carbons (Fsp3) is 0.306. The van der Waals surface area contributed by atoms with Gasteiger partial charge in [-0.1, -0.05) is 37.3 Å². The number of alkyl halides is 3. The number of amides is 1. The van der Waals surface area contributed by atoms with Gasteiger partial charge in [0.05, 0.1) is 44.0 Å². The molecule has 0 aliphatic carbocycles. The number of carboxylic acids is 1. The van der Waals surface area contributed by atoms with E-state index in [0.29, 0.717) is 36.6 Å². The molecule has 4 aromatic rings. The average Bonchev–Trinajstić information content (AvgIpc) is 3.05. The Morgan fingerprint density at radius 3 is 2.34 bits per heavy atom. The molecule has 4 aromatic carbocycles. The molecule has 0 fully saturated rings. The van der Waals surface area contributed by atoms with E-state index in [0.717, 1.165) is 39.8 Å². The lowest BCUT2D eigenvalue weighted by Crippen LogP contribution is -2.26. The van der Waals surface area contributed by atoms with Crippen LogP contribution in [-0.2, 0) is 17.5 Å². The molecule has 1 amide bonds. The van der Waals surface area contributed by atoms with Crippen molar-refractivity contribution in [2.75, 3.05) is 20.3 Å². The van der Waals surface area contributed by atoms with E-state index < -0.39 is 23.6 Å². The second kappa shape index (κ2) is 15.5. The molecule has 248 valence electrons. The standard InChI is InChI=1S/C36H38F3N3O5/c1-5-18-47-33-15-13-30(36(37,38)39)21-32(33)23(2)41-42(22-25-6-7-29-20-31(46-4)14-12-28(29)19-25)24(3)26-8-10-27(11-9-26)35(45)40-17-16-34(43)44/h6-15,19-21,24H,5,16-18,22H2,1-4H3,(H,40,45)(H,43,44)/b41-23+. The highest BCUT2D eigenvalue weighted by atomic mass is 19.4. The number of hydrogen-bond donors (Lipinski definition) is 2. The third-order valence-corrected chi connectivity index (χ3v) is 7.62. The number of ether oxygens (including phenoxy) is 2. The van der Waals surface area contributed by atoms with E-state index in [4.69, 9.17) is 19.7 Å². The van der Waals surface area contributed by atoms with Crippen LogP contribution in [0.15, 0.2) is 84.0 Å². The molecule has 47 heavy (non-hydrogen) atoms. The Hall–Kier alpha value is -5.06. The molecular weight excluding hydrogens is 611 g/mol. The SMILES string of the molecule is CCCOc1ccc(C(F)(F)F)cc1/C(C)=N/N(Cc1ccc2cc(OC)ccc2c1)C(C)c1ccc(C(=O)NCCC(=O)O)cc1. The smallest absolute Gasteiger partial charge is 0.416 e. The van der Waals surface area contributed by atoms with Crippen LogP contribution in [0, 0.1) is 0 Å². The van der Waals surface area contributed by atoms with E-state index in [-0.39, 0.29) is 24.6 Å². The number of carboxylic acid groups (broad SMARTS) is 1. The number of benzene rings is 4. The largest absolute Gasteiger partial charge is 0.497 e. The zero-order valence-corrected chi connectivity index (χ0v) is 26.7. The molecule has 0 heterocycles. The second-order valence-corrected chi connectivity index (χ2v) is 11.1. The van der Waals surface area contributed by atoms with Gasteiger partial charge in [-0.15, -0.1) is 0 Å². The third kappa shape index (κ3) is 9.25. The predicted octanol–water partition coefficient (Wildman–Crippen LogP) is 7.85. The van der Waals surface area contributed by atoms with Gasteiger partial charge in [-0.25, -0.2) is 0 Å². The monoisotopic (exact) mass is 649 g/mol. The van der Waals surface area contributed by atoms with E-state index in [1.165, 1.54) is 6.07 Å². The van der Waals surface area contributed by atoms with Crippen LogP contribution in [0.5, 0.6) is 11.5 Å². The molecule has 0 aromatic heterocycles. The minimum absolute atomic E-state index is 0.00608. The lowest BCUT2D eigenvalue weighted by molar-refractivity contribution is -0.138. The summed E-state index contributed by atoms with van der Waals surface area (Å²) in [6.07, 6.45) is -4.05. The van der Waals surface area contributed by atoms with Crippen molar-refractivity contribution in [2.45, 2.75) is 52.4 Å². The highest BCUT2D eigenvalue weighted by Crippen LogP contribution is 2.34. The molecule has 0 aliphatic rings. The van der Waals surface area contributed by atoms with Crippen molar-refractivity contribution in [3.63, 3.8) is 0 Å². The Morgan fingerprint density at radius 1 is 0.979 bits per heavy atom. The van der Waals surface area contributed by atoms with Crippen LogP contribution in [0.3, 0.4) is 0 Å². The molecule has 11 heteroatoms. The Bertz CT molecular complexity index is 1740. The van der Waals surface area contributed by atoms with Gasteiger partial charge in [0, 0.05) is 17.7 Å². The molecular formula is C36H38F3N3O5. The van der Waals surface area contributed by atoms with Gasteiger partial charge in [0.25, 0.3) is 5.91 Å². The van der Waals surface area contributed by atoms with E-state index in [9.17, 15) is 22.8 Å². The van der Waals surface area contributed by atoms with Gasteiger partial charge in [-0.3, -0.25) is 14.6 Å². The summed E-state index contributed by atoms with van der Waals surface area (Å²) in [5.74, 6) is -0.354. The molecule has 1 unspecified atom stereocenters. The lowest BCUT2D eigenvalue weighted by Gasteiger charge is -2.28. The minimum Gasteiger partial charge on any atom is -0.497 e. The maximum atomic E-state index is 13.7. The first kappa shape index (κ1) is 34.8. The molecule has 0 spiro atoms. The molecule has 2 N–H and O–H groups in total. The van der Waals surface area contributed by atoms with Crippen molar-refractivity contribution >= 4 is 28.4 Å². The van der Waals surface area contributed by atoms with Crippen LogP contribution in [0.25, 0.3) is 10.8 Å². The van der Waals surface area contributed by atoms with Crippen LogP contribution < -0.4 is 14.8 Å². The summed E-state index contributed by atoms with van der Waals surface area (Å²) in [5.41, 5.74) is 1.88. The minimum atomic E-state index is -4.54. The zero-order chi connectivity index (χ0) is 34.1. The lowest BCUT2D eigenvalue weighted by atomic mass is 10.0. The molecule has 1 atom stereocenters. The predicted molar refractivity (Wildman–Crippen MR) is 175 cm³/mol. The number of halogens is 3. The molecule has 4 rings (SSSR count). The third-order valence-electron chi connectivity index (χ3n) is 7.62. The van der Waals surface area contributed by atoms with Crippen molar-refractivity contribution in [3.8, 4) is 11.5 Å². The van der Waals surface area contributed by atoms with Crippen LogP contribution in [0.4, 0.5) is 13.2 Å². The first-order valence-corrected chi connectivity index (χ1v) is 15.2. The topological polar surface area (TPSA) is 100 Å². The van der Waals surface area contributed by atoms with Crippen molar-refractivity contribution in [3.05, 3.63) is 107 Å². The number of nitrogens with zero attached hydrogens (tertiary/aromatic N) is 2. The molecule has 0 radical (unpaired) electrons. The van der Waals surface area contributed by atoms with Gasteiger partial charge in [0.1, 0.15) is 11.5 Å². The maximum absolute atomic E-state index is 13.7. The fourth-order valence-corrected chi connectivity index (χ4v) is 4.99. The number of carbonyl (C=O) groups excluding carboxylic acids is 1. The summed E-state index contributed by atoms with van der Waals surface area (Å²) in [5, 5.41) is 20.1. The van der Waals surface area contributed by atoms with Gasteiger partial charge in [-0.05, 0) is 90.7 Å². The molecule has 0 aliphatic heterocycles. The van der Waals surface area contributed by atoms with E-state index >= 15 is 0 Å². The Balaban J connectivity index is 1.71. The van der Waals surface area contributed by atoms with Crippen molar-refractivity contribution in [2.24, 2.45) is 5.10 Å². The number of methoxy groups -OCH3 is 1. The molecule has 0 bridgehead atoms. The zero-order valence-electron chi connectivity index (χ0n) is 26.7. The van der Waals surface area contributed by atoms with Gasteiger partial charge >= 0.3 is 12.1 Å². The van der Waals surface area contributed by atoms with Gasteiger partial charge in [-0.2, -0.15) is 18.3 Å². The van der Waals surface area contributed by atoms with Crippen molar-refractivity contribution < 1.29 is 37.3 Å². The Morgan fingerprint density at radius 2 is 1.68 bits per heavy atom. The Kier molecular flexibility index (Phi) is 11.5. The van der Waals surface area contributed by atoms with Crippen LogP contribution in [-0.4, -0.2) is 48.0 Å². The highest BCUT2D eigenvalue weighted by molar-refractivity contribution is 6.01. The summed E-state index contributed by atoms with van der Waals surface area (Å²) in [7, 11) is 1.61. The van der Waals surface area contributed by atoms with Gasteiger partial charge in [0.2, 0.25) is 0 Å². The van der Waals surface area contributed by atoms with Crippen LogP contribution in [0.1, 0.15) is 72.3 Å². The summed E-state index contributed by atoms with van der Waals surface area (Å²) in [6.45, 7) is 6.16. The number of aliphatic carboxylic acids is 1. The summed E-state index contributed by atoms with van der Waals surface area (Å²) in [6, 6.07) is 21.6. The van der Waals surface area contributed by atoms with E-state index in [1.807, 2.05) is 50.2 Å². The first-order chi connectivity index (χ1) is 22.4. The summed E-state index contributed by atoms with van der Waals surface area (Å²) in [4.78, 5) is 23.3. The number of hydrazone groups is 1. The second-order valence-electron chi connectivity index (χ2n) is 11.1. The van der Waals surface area contributed by atoms with E-state index in [2.05, 4.69) is 5.32 Å². The van der Waals surface area contributed by atoms with Crippen LogP contribution >= 0.6 is 0 Å². The average molecular weight is 650 g/mol.